The summed E-state index contributed by atoms with van der Waals surface area (Å²) in [5.41, 5.74) is -0.608. The van der Waals surface area contributed by atoms with Gasteiger partial charge in [-0.3, -0.25) is 4.79 Å². The molecule has 0 spiro atoms. The van der Waals surface area contributed by atoms with Crippen molar-refractivity contribution in [1.82, 2.24) is 0 Å². The van der Waals surface area contributed by atoms with E-state index >= 15 is 0 Å². The van der Waals surface area contributed by atoms with E-state index in [1.165, 1.54) is 0 Å². The van der Waals surface area contributed by atoms with Gasteiger partial charge in [-0.1, -0.05) is 6.92 Å². The molecule has 0 aromatic rings. The Bertz CT molecular complexity index is 203. The summed E-state index contributed by atoms with van der Waals surface area (Å²) in [5.74, 6) is -0.582. The Balaban J connectivity index is 2.47. The highest BCUT2D eigenvalue weighted by Crippen LogP contribution is 2.36. The molecule has 0 heterocycles. The fraction of sp³-hybridized carbons (Fsp3) is 0.909. The summed E-state index contributed by atoms with van der Waals surface area (Å²) in [7, 11) is 0. The molecular weight excluding hydrogens is 180 g/mol. The van der Waals surface area contributed by atoms with Crippen LogP contribution in [0.15, 0.2) is 0 Å². The Labute approximate surface area is 85.1 Å². The predicted octanol–water partition coefficient (Wildman–Crippen LogP) is 2.04. The van der Waals surface area contributed by atoms with E-state index in [-0.39, 0.29) is 11.8 Å². The summed E-state index contributed by atoms with van der Waals surface area (Å²) in [5, 5.41) is 18.8. The Hall–Kier alpha value is -0.570. The maximum absolute atomic E-state index is 10.7. The third-order valence-electron chi connectivity index (χ3n) is 3.67. The second-order valence-corrected chi connectivity index (χ2v) is 4.60. The molecule has 3 nitrogen and oxygen atoms in total. The van der Waals surface area contributed by atoms with Gasteiger partial charge in [-0.2, -0.15) is 0 Å². The Morgan fingerprint density at radius 3 is 2.21 bits per heavy atom. The quantitative estimate of drug-likeness (QED) is 0.733. The highest BCUT2D eigenvalue weighted by Gasteiger charge is 2.35. The van der Waals surface area contributed by atoms with Gasteiger partial charge in [0.05, 0.1) is 11.5 Å². The lowest BCUT2D eigenvalue weighted by Crippen LogP contribution is -2.37. The Morgan fingerprint density at radius 2 is 1.86 bits per heavy atom. The van der Waals surface area contributed by atoms with Gasteiger partial charge in [0.25, 0.3) is 0 Å². The number of rotatable bonds is 3. The van der Waals surface area contributed by atoms with Crippen LogP contribution in [0.1, 0.15) is 46.0 Å². The minimum atomic E-state index is -0.681. The van der Waals surface area contributed by atoms with Crippen molar-refractivity contribution in [3.8, 4) is 0 Å². The number of carboxylic acid groups (broad SMARTS) is 1. The molecule has 1 atom stereocenters. The molecule has 1 aliphatic rings. The van der Waals surface area contributed by atoms with Crippen LogP contribution in [0.3, 0.4) is 0 Å². The maximum Gasteiger partial charge on any atom is 0.306 e. The van der Waals surface area contributed by atoms with Gasteiger partial charge in [-0.25, -0.2) is 0 Å². The lowest BCUT2D eigenvalue weighted by atomic mass is 9.73. The molecular formula is C11H20O3. The van der Waals surface area contributed by atoms with E-state index in [0.717, 1.165) is 32.1 Å². The van der Waals surface area contributed by atoms with Crippen LogP contribution in [0.25, 0.3) is 0 Å². The van der Waals surface area contributed by atoms with E-state index in [4.69, 9.17) is 5.11 Å². The molecule has 0 unspecified atom stereocenters. The zero-order valence-corrected chi connectivity index (χ0v) is 8.99. The van der Waals surface area contributed by atoms with Crippen LogP contribution in [0.5, 0.6) is 0 Å². The molecule has 0 radical (unpaired) electrons. The first-order chi connectivity index (χ1) is 6.47. The van der Waals surface area contributed by atoms with E-state index in [0.29, 0.717) is 0 Å². The first-order valence-electron chi connectivity index (χ1n) is 5.42. The minimum Gasteiger partial charge on any atom is -0.481 e. The van der Waals surface area contributed by atoms with Crippen LogP contribution in [-0.4, -0.2) is 21.8 Å². The van der Waals surface area contributed by atoms with E-state index in [9.17, 15) is 9.90 Å². The highest BCUT2D eigenvalue weighted by molar-refractivity contribution is 5.69. The normalized spacial score (nSPS) is 32.2. The number of hydrogen-bond donors (Lipinski definition) is 2. The van der Waals surface area contributed by atoms with Gasteiger partial charge in [0, 0.05) is 0 Å². The van der Waals surface area contributed by atoms with Gasteiger partial charge in [-0.15, -0.1) is 0 Å². The Kier molecular flexibility index (Phi) is 3.53. The van der Waals surface area contributed by atoms with Crippen molar-refractivity contribution in [3.05, 3.63) is 0 Å². The minimum absolute atomic E-state index is 0.182. The summed E-state index contributed by atoms with van der Waals surface area (Å²) in [6.07, 6.45) is 3.87. The molecule has 0 aromatic carbocycles. The van der Waals surface area contributed by atoms with Crippen molar-refractivity contribution >= 4 is 5.97 Å². The predicted molar refractivity (Wildman–Crippen MR) is 54.0 cm³/mol. The van der Waals surface area contributed by atoms with E-state index in [1.54, 1.807) is 0 Å². The molecule has 2 N–H and O–H groups in total. The summed E-state index contributed by atoms with van der Waals surface area (Å²) < 4.78 is 0. The van der Waals surface area contributed by atoms with Gasteiger partial charge in [0.15, 0.2) is 0 Å². The highest BCUT2D eigenvalue weighted by atomic mass is 16.4. The molecule has 0 aromatic heterocycles. The summed E-state index contributed by atoms with van der Waals surface area (Å²) in [6, 6.07) is 0. The molecule has 1 aliphatic carbocycles. The second kappa shape index (κ2) is 4.30. The molecule has 1 rings (SSSR count). The fourth-order valence-corrected chi connectivity index (χ4v) is 2.25. The van der Waals surface area contributed by atoms with E-state index in [2.05, 4.69) is 0 Å². The summed E-state index contributed by atoms with van der Waals surface area (Å²) in [6.45, 7) is 3.84. The average molecular weight is 200 g/mol. The van der Waals surface area contributed by atoms with Gasteiger partial charge < -0.3 is 10.2 Å². The van der Waals surface area contributed by atoms with E-state index in [1.807, 2.05) is 13.8 Å². The molecule has 3 heteroatoms. The smallest absolute Gasteiger partial charge is 0.306 e. The van der Waals surface area contributed by atoms with Gasteiger partial charge in [0.2, 0.25) is 0 Å². The lowest BCUT2D eigenvalue weighted by Gasteiger charge is -2.36. The molecule has 1 saturated carbocycles. The van der Waals surface area contributed by atoms with Crippen molar-refractivity contribution < 1.29 is 15.0 Å². The van der Waals surface area contributed by atoms with Crippen molar-refractivity contribution in [3.63, 3.8) is 0 Å². The monoisotopic (exact) mass is 200 g/mol. The summed E-state index contributed by atoms with van der Waals surface area (Å²) in [4.78, 5) is 10.7. The first-order valence-corrected chi connectivity index (χ1v) is 5.42. The standard InChI is InChI=1S/C11H20O3/c1-3-11(2,14)9-6-4-8(5-7-9)10(12)13/h8-9,14H,3-7H2,1-2H3,(H,12,13)/t8-,9-,11-/m1/s1. The average Bonchev–Trinajstić information content (AvgIpc) is 2.18. The van der Waals surface area contributed by atoms with Crippen LogP contribution in [0.2, 0.25) is 0 Å². The molecule has 0 aliphatic heterocycles. The zero-order valence-electron chi connectivity index (χ0n) is 8.99. The molecule has 0 saturated heterocycles. The molecule has 82 valence electrons. The molecule has 0 bridgehead atoms. The maximum atomic E-state index is 10.7. The van der Waals surface area contributed by atoms with Gasteiger partial charge in [0.1, 0.15) is 0 Å². The summed E-state index contributed by atoms with van der Waals surface area (Å²) >= 11 is 0. The number of carboxylic acids is 1. The number of hydrogen-bond acceptors (Lipinski definition) is 2. The zero-order chi connectivity index (χ0) is 10.8. The number of aliphatic carboxylic acids is 1. The number of carbonyl (C=O) groups is 1. The molecule has 14 heavy (non-hydrogen) atoms. The van der Waals surface area contributed by atoms with Crippen molar-refractivity contribution in [2.45, 2.75) is 51.6 Å². The van der Waals surface area contributed by atoms with Crippen LogP contribution in [0, 0.1) is 11.8 Å². The van der Waals surface area contributed by atoms with Crippen molar-refractivity contribution in [1.29, 1.82) is 0 Å². The van der Waals surface area contributed by atoms with Crippen LogP contribution in [-0.2, 0) is 4.79 Å². The van der Waals surface area contributed by atoms with Crippen molar-refractivity contribution in [2.75, 3.05) is 0 Å². The van der Waals surface area contributed by atoms with Gasteiger partial charge in [-0.05, 0) is 44.9 Å². The lowest BCUT2D eigenvalue weighted by molar-refractivity contribution is -0.144. The van der Waals surface area contributed by atoms with Crippen LogP contribution >= 0.6 is 0 Å². The molecule has 0 amide bonds. The Morgan fingerprint density at radius 1 is 1.36 bits per heavy atom. The first kappa shape index (κ1) is 11.5. The fourth-order valence-electron chi connectivity index (χ4n) is 2.25. The second-order valence-electron chi connectivity index (χ2n) is 4.60. The largest absolute Gasteiger partial charge is 0.481 e. The van der Waals surface area contributed by atoms with E-state index < -0.39 is 11.6 Å². The third kappa shape index (κ3) is 2.47. The SMILES string of the molecule is CC[C@@](C)(O)[C@H]1CC[C@H](C(=O)O)CC1. The number of aliphatic hydroxyl groups is 1. The van der Waals surface area contributed by atoms with Crippen molar-refractivity contribution in [2.24, 2.45) is 11.8 Å². The molecule has 1 fully saturated rings. The van der Waals surface area contributed by atoms with Crippen LogP contribution < -0.4 is 0 Å². The topological polar surface area (TPSA) is 57.5 Å². The van der Waals surface area contributed by atoms with Gasteiger partial charge >= 0.3 is 5.97 Å². The third-order valence-corrected chi connectivity index (χ3v) is 3.67. The van der Waals surface area contributed by atoms with Crippen LogP contribution in [0.4, 0.5) is 0 Å².